The van der Waals surface area contributed by atoms with Gasteiger partial charge in [0.05, 0.1) is 12.7 Å². The number of ketones is 2. The van der Waals surface area contributed by atoms with Crippen LogP contribution in [0.2, 0.25) is 0 Å². The first-order valence-electron chi connectivity index (χ1n) is 15.8. The van der Waals surface area contributed by atoms with Gasteiger partial charge in [-0.15, -0.1) is 0 Å². The molecular formula is C37H40N2O7. The largest absolute Gasteiger partial charge is 0.496 e. The summed E-state index contributed by atoms with van der Waals surface area (Å²) in [6, 6.07) is 19.7. The summed E-state index contributed by atoms with van der Waals surface area (Å²) < 4.78 is 17.6. The first-order chi connectivity index (χ1) is 22.3. The van der Waals surface area contributed by atoms with E-state index in [1.54, 1.807) is 29.2 Å². The molecule has 1 aliphatic rings. The molecule has 0 radical (unpaired) electrons. The SMILES string of the molecule is CCCC(=O)c1cc(OCC(=O)N2CCN(Cc3ccccc3)CC2)c2c(=O)cc(-c3ccc(OC)c(C(=O)CCC)c3)oc2c1. The number of piperazine rings is 1. The lowest BCUT2D eigenvalue weighted by molar-refractivity contribution is -0.135. The maximum Gasteiger partial charge on any atom is 0.260 e. The van der Waals surface area contributed by atoms with Crippen LogP contribution in [-0.2, 0) is 11.3 Å². The van der Waals surface area contributed by atoms with Crippen molar-refractivity contribution in [3.8, 4) is 22.8 Å². The molecule has 1 fully saturated rings. The van der Waals surface area contributed by atoms with Gasteiger partial charge in [-0.2, -0.15) is 0 Å². The highest BCUT2D eigenvalue weighted by molar-refractivity contribution is 6.01. The molecule has 0 bridgehead atoms. The van der Waals surface area contributed by atoms with Gasteiger partial charge in [0.25, 0.3) is 5.91 Å². The number of hydrogen-bond donors (Lipinski definition) is 0. The summed E-state index contributed by atoms with van der Waals surface area (Å²) in [6.45, 7) is 7.02. The lowest BCUT2D eigenvalue weighted by Gasteiger charge is -2.34. The van der Waals surface area contributed by atoms with Gasteiger partial charge in [0.2, 0.25) is 0 Å². The second-order valence-electron chi connectivity index (χ2n) is 11.5. The van der Waals surface area contributed by atoms with Crippen molar-refractivity contribution in [1.29, 1.82) is 0 Å². The molecule has 0 N–H and O–H groups in total. The molecule has 0 atom stereocenters. The van der Waals surface area contributed by atoms with Crippen molar-refractivity contribution < 1.29 is 28.3 Å². The van der Waals surface area contributed by atoms with E-state index in [9.17, 15) is 19.2 Å². The third kappa shape index (κ3) is 7.54. The van der Waals surface area contributed by atoms with Crippen LogP contribution in [0.3, 0.4) is 0 Å². The fourth-order valence-corrected chi connectivity index (χ4v) is 5.71. The Bertz CT molecular complexity index is 1770. The highest BCUT2D eigenvalue weighted by Crippen LogP contribution is 2.32. The molecule has 0 aliphatic carbocycles. The number of benzene rings is 3. The Morgan fingerprint density at radius 1 is 0.826 bits per heavy atom. The molecule has 0 unspecified atom stereocenters. The second-order valence-corrected chi connectivity index (χ2v) is 11.5. The Labute approximate surface area is 268 Å². The van der Waals surface area contributed by atoms with Crippen LogP contribution < -0.4 is 14.9 Å². The second kappa shape index (κ2) is 15.0. The third-order valence-electron chi connectivity index (χ3n) is 8.18. The summed E-state index contributed by atoms with van der Waals surface area (Å²) in [5, 5.41) is 0.146. The minimum atomic E-state index is -0.389. The highest BCUT2D eigenvalue weighted by Gasteiger charge is 2.23. The number of carbonyl (C=O) groups is 3. The number of ether oxygens (including phenoxy) is 2. The van der Waals surface area contributed by atoms with E-state index in [0.29, 0.717) is 61.2 Å². The fraction of sp³-hybridized carbons (Fsp3) is 0.351. The molecule has 2 heterocycles. The van der Waals surface area contributed by atoms with Crippen molar-refractivity contribution in [2.45, 2.75) is 46.1 Å². The molecule has 240 valence electrons. The molecule has 9 nitrogen and oxygen atoms in total. The number of fused-ring (bicyclic) bond motifs is 1. The Balaban J connectivity index is 1.39. The van der Waals surface area contributed by atoms with Crippen LogP contribution in [0.25, 0.3) is 22.3 Å². The Morgan fingerprint density at radius 3 is 2.24 bits per heavy atom. The predicted molar refractivity (Wildman–Crippen MR) is 177 cm³/mol. The minimum Gasteiger partial charge on any atom is -0.496 e. The molecule has 5 rings (SSSR count). The topological polar surface area (TPSA) is 106 Å². The quantitative estimate of drug-likeness (QED) is 0.163. The van der Waals surface area contributed by atoms with Gasteiger partial charge in [-0.3, -0.25) is 24.1 Å². The summed E-state index contributed by atoms with van der Waals surface area (Å²) in [4.78, 5) is 56.6. The third-order valence-corrected chi connectivity index (χ3v) is 8.18. The van der Waals surface area contributed by atoms with E-state index in [1.165, 1.54) is 24.8 Å². The van der Waals surface area contributed by atoms with Gasteiger partial charge < -0.3 is 18.8 Å². The summed E-state index contributed by atoms with van der Waals surface area (Å²) in [5.74, 6) is 0.412. The average Bonchev–Trinajstić information content (AvgIpc) is 3.07. The normalized spacial score (nSPS) is 13.5. The molecule has 1 aliphatic heterocycles. The van der Waals surface area contributed by atoms with E-state index in [1.807, 2.05) is 32.0 Å². The smallest absolute Gasteiger partial charge is 0.260 e. The van der Waals surface area contributed by atoms with E-state index >= 15 is 0 Å². The summed E-state index contributed by atoms with van der Waals surface area (Å²) in [7, 11) is 1.50. The average molecular weight is 625 g/mol. The van der Waals surface area contributed by atoms with Crippen LogP contribution in [-0.4, -0.2) is 67.2 Å². The molecule has 9 heteroatoms. The van der Waals surface area contributed by atoms with Crippen molar-refractivity contribution in [2.75, 3.05) is 39.9 Å². The molecule has 0 spiro atoms. The van der Waals surface area contributed by atoms with Gasteiger partial charge in [-0.25, -0.2) is 0 Å². The van der Waals surface area contributed by atoms with Gasteiger partial charge in [-0.05, 0) is 48.7 Å². The first kappa shape index (κ1) is 32.6. The van der Waals surface area contributed by atoms with Crippen LogP contribution in [0, 0.1) is 0 Å². The number of amides is 1. The molecule has 0 saturated carbocycles. The van der Waals surface area contributed by atoms with Crippen LogP contribution in [0.4, 0.5) is 0 Å². The van der Waals surface area contributed by atoms with Gasteiger partial charge in [-0.1, -0.05) is 44.2 Å². The Morgan fingerprint density at radius 2 is 1.54 bits per heavy atom. The van der Waals surface area contributed by atoms with Crippen molar-refractivity contribution in [1.82, 2.24) is 9.80 Å². The zero-order chi connectivity index (χ0) is 32.6. The van der Waals surface area contributed by atoms with Gasteiger partial charge in [0.15, 0.2) is 23.6 Å². The monoisotopic (exact) mass is 624 g/mol. The number of methoxy groups -OCH3 is 1. The number of Topliss-reactive ketones (excluding diaryl/α,β-unsaturated/α-hetero) is 2. The highest BCUT2D eigenvalue weighted by atomic mass is 16.5. The number of nitrogens with zero attached hydrogens (tertiary/aromatic N) is 2. The molecule has 1 amide bonds. The summed E-state index contributed by atoms with van der Waals surface area (Å²) in [6.07, 6.45) is 1.99. The molecule has 4 aromatic rings. The zero-order valence-corrected chi connectivity index (χ0v) is 26.7. The van der Waals surface area contributed by atoms with E-state index in [-0.39, 0.29) is 52.0 Å². The van der Waals surface area contributed by atoms with Crippen LogP contribution in [0.1, 0.15) is 65.8 Å². The maximum absolute atomic E-state index is 13.6. The minimum absolute atomic E-state index is 0.0743. The lowest BCUT2D eigenvalue weighted by atomic mass is 10.0. The molecule has 46 heavy (non-hydrogen) atoms. The predicted octanol–water partition coefficient (Wildman–Crippen LogP) is 6.16. The number of hydrogen-bond acceptors (Lipinski definition) is 8. The van der Waals surface area contributed by atoms with E-state index in [4.69, 9.17) is 13.9 Å². The molecule has 3 aromatic carbocycles. The molecular weight excluding hydrogens is 584 g/mol. The molecule has 1 aromatic heterocycles. The van der Waals surface area contributed by atoms with Crippen molar-refractivity contribution in [3.05, 3.63) is 93.6 Å². The van der Waals surface area contributed by atoms with Crippen molar-refractivity contribution >= 4 is 28.4 Å². The summed E-state index contributed by atoms with van der Waals surface area (Å²) >= 11 is 0. The zero-order valence-electron chi connectivity index (χ0n) is 26.7. The maximum atomic E-state index is 13.6. The van der Waals surface area contributed by atoms with E-state index < -0.39 is 0 Å². The van der Waals surface area contributed by atoms with Gasteiger partial charge in [0.1, 0.15) is 28.2 Å². The van der Waals surface area contributed by atoms with Crippen molar-refractivity contribution in [3.63, 3.8) is 0 Å². The van der Waals surface area contributed by atoms with Gasteiger partial charge in [0, 0.05) is 62.8 Å². The van der Waals surface area contributed by atoms with Crippen LogP contribution >= 0.6 is 0 Å². The standard InChI is InChI=1S/C37H40N2O7/c1-4-9-29(40)27-20-34(45-24-36(43)39-17-15-38(16-18-39)23-25-11-7-6-8-12-25)37-31(42)22-33(46-35(37)21-27)26-13-14-32(44-3)28(19-26)30(41)10-5-2/h6-8,11-14,19-22H,4-5,9-10,15-18,23-24H2,1-3H3. The number of rotatable bonds is 13. The van der Waals surface area contributed by atoms with E-state index in [2.05, 4.69) is 17.0 Å². The summed E-state index contributed by atoms with van der Waals surface area (Å²) in [5.41, 5.74) is 2.27. The van der Waals surface area contributed by atoms with Gasteiger partial charge >= 0.3 is 0 Å². The van der Waals surface area contributed by atoms with Crippen LogP contribution in [0.15, 0.2) is 75.9 Å². The Hall–Kier alpha value is -4.76. The fourth-order valence-electron chi connectivity index (χ4n) is 5.71. The van der Waals surface area contributed by atoms with Crippen molar-refractivity contribution in [2.24, 2.45) is 0 Å². The van der Waals surface area contributed by atoms with Crippen LogP contribution in [0.5, 0.6) is 11.5 Å². The number of carbonyl (C=O) groups excluding carboxylic acids is 3. The van der Waals surface area contributed by atoms with E-state index in [0.717, 1.165) is 19.6 Å². The molecule has 1 saturated heterocycles. The first-order valence-corrected chi connectivity index (χ1v) is 15.8. The lowest BCUT2D eigenvalue weighted by Crippen LogP contribution is -2.49. The Kier molecular flexibility index (Phi) is 10.6.